The molecule has 1 rings (SSSR count). The normalized spacial score (nSPS) is 30.0. The summed E-state index contributed by atoms with van der Waals surface area (Å²) in [5.74, 6) is 1.50. The number of rotatable bonds is 4. The molecule has 1 saturated heterocycles. The molecule has 0 saturated carbocycles. The highest BCUT2D eigenvalue weighted by Gasteiger charge is 2.21. The molecule has 1 aliphatic rings. The van der Waals surface area contributed by atoms with Crippen LogP contribution in [0.1, 0.15) is 27.2 Å². The summed E-state index contributed by atoms with van der Waals surface area (Å²) in [6.07, 6.45) is 1.71. The van der Waals surface area contributed by atoms with Gasteiger partial charge in [0.05, 0.1) is 12.7 Å². The molecule has 0 radical (unpaired) electrons. The Morgan fingerprint density at radius 3 is 2.75 bits per heavy atom. The minimum Gasteiger partial charge on any atom is -0.378 e. The van der Waals surface area contributed by atoms with E-state index in [9.17, 15) is 0 Å². The summed E-state index contributed by atoms with van der Waals surface area (Å²) in [7, 11) is 0. The van der Waals surface area contributed by atoms with Gasteiger partial charge in [0.2, 0.25) is 0 Å². The van der Waals surface area contributed by atoms with Crippen LogP contribution in [0.15, 0.2) is 0 Å². The molecular weight excluding hydrogens is 150 g/mol. The van der Waals surface area contributed by atoms with Crippen molar-refractivity contribution in [3.8, 4) is 0 Å². The largest absolute Gasteiger partial charge is 0.378 e. The Kier molecular flexibility index (Phi) is 4.02. The number of hydrogen-bond donors (Lipinski definition) is 1. The second kappa shape index (κ2) is 4.83. The lowest BCUT2D eigenvalue weighted by Gasteiger charge is -2.10. The zero-order valence-electron chi connectivity index (χ0n) is 8.47. The predicted octanol–water partition coefficient (Wildman–Crippen LogP) is 1.66. The molecule has 2 heteroatoms. The van der Waals surface area contributed by atoms with Crippen LogP contribution in [-0.2, 0) is 4.74 Å². The predicted molar refractivity (Wildman–Crippen MR) is 51.2 cm³/mol. The van der Waals surface area contributed by atoms with E-state index < -0.39 is 0 Å². The van der Waals surface area contributed by atoms with E-state index in [1.807, 2.05) is 0 Å². The van der Waals surface area contributed by atoms with Gasteiger partial charge in [-0.2, -0.15) is 0 Å². The van der Waals surface area contributed by atoms with E-state index in [1.165, 1.54) is 6.42 Å². The van der Waals surface area contributed by atoms with Crippen molar-refractivity contribution in [2.45, 2.75) is 33.3 Å². The molecule has 0 aliphatic carbocycles. The van der Waals surface area contributed by atoms with Gasteiger partial charge in [-0.05, 0) is 31.7 Å². The van der Waals surface area contributed by atoms with Crippen molar-refractivity contribution in [2.24, 2.45) is 11.8 Å². The van der Waals surface area contributed by atoms with Crippen molar-refractivity contribution in [1.82, 2.24) is 5.32 Å². The van der Waals surface area contributed by atoms with Crippen LogP contribution < -0.4 is 5.32 Å². The molecule has 2 nitrogen and oxygen atoms in total. The van der Waals surface area contributed by atoms with Gasteiger partial charge in [-0.25, -0.2) is 0 Å². The Bertz CT molecular complexity index is 125. The standard InChI is InChI=1S/C10H21NO/c1-8(2)5-11-6-10-4-9(3)12-7-10/h8-11H,4-7H2,1-3H3. The first-order chi connectivity index (χ1) is 5.68. The Morgan fingerprint density at radius 2 is 2.25 bits per heavy atom. The van der Waals surface area contributed by atoms with E-state index in [0.717, 1.165) is 31.5 Å². The molecule has 72 valence electrons. The molecule has 12 heavy (non-hydrogen) atoms. The molecule has 2 atom stereocenters. The Hall–Kier alpha value is -0.0800. The summed E-state index contributed by atoms with van der Waals surface area (Å²) in [5, 5.41) is 3.47. The van der Waals surface area contributed by atoms with Crippen LogP contribution in [0.5, 0.6) is 0 Å². The highest BCUT2D eigenvalue weighted by molar-refractivity contribution is 4.72. The summed E-state index contributed by atoms with van der Waals surface area (Å²) in [4.78, 5) is 0. The van der Waals surface area contributed by atoms with Crippen molar-refractivity contribution in [3.05, 3.63) is 0 Å². The molecule has 0 aromatic rings. The van der Waals surface area contributed by atoms with Crippen molar-refractivity contribution in [1.29, 1.82) is 0 Å². The maximum atomic E-state index is 5.48. The lowest BCUT2D eigenvalue weighted by molar-refractivity contribution is 0.120. The molecule has 1 fully saturated rings. The van der Waals surface area contributed by atoms with E-state index in [1.54, 1.807) is 0 Å². The van der Waals surface area contributed by atoms with Gasteiger partial charge >= 0.3 is 0 Å². The molecule has 0 amide bonds. The lowest BCUT2D eigenvalue weighted by atomic mass is 10.1. The number of ether oxygens (including phenoxy) is 1. The Labute approximate surface area is 75.7 Å². The highest BCUT2D eigenvalue weighted by Crippen LogP contribution is 2.17. The molecule has 0 aromatic heterocycles. The third kappa shape index (κ3) is 3.55. The van der Waals surface area contributed by atoms with Gasteiger partial charge in [0.25, 0.3) is 0 Å². The van der Waals surface area contributed by atoms with Crippen LogP contribution in [0.2, 0.25) is 0 Å². The van der Waals surface area contributed by atoms with Gasteiger partial charge in [0.15, 0.2) is 0 Å². The molecule has 0 bridgehead atoms. The lowest BCUT2D eigenvalue weighted by Crippen LogP contribution is -2.26. The summed E-state index contributed by atoms with van der Waals surface area (Å²) < 4.78 is 5.48. The van der Waals surface area contributed by atoms with E-state index in [-0.39, 0.29) is 0 Å². The molecule has 0 spiro atoms. The second-order valence-electron chi connectivity index (χ2n) is 4.30. The van der Waals surface area contributed by atoms with Crippen molar-refractivity contribution < 1.29 is 4.74 Å². The molecule has 1 N–H and O–H groups in total. The van der Waals surface area contributed by atoms with Crippen LogP contribution in [0.4, 0.5) is 0 Å². The maximum Gasteiger partial charge on any atom is 0.0551 e. The molecule has 2 unspecified atom stereocenters. The Balaban J connectivity index is 2.00. The molecule has 1 heterocycles. The fourth-order valence-electron chi connectivity index (χ4n) is 1.62. The number of hydrogen-bond acceptors (Lipinski definition) is 2. The average Bonchev–Trinajstić information content (AvgIpc) is 2.35. The van der Waals surface area contributed by atoms with Crippen LogP contribution in [0.3, 0.4) is 0 Å². The first-order valence-electron chi connectivity index (χ1n) is 5.00. The first kappa shape index (κ1) is 10.0. The fourth-order valence-corrected chi connectivity index (χ4v) is 1.62. The zero-order chi connectivity index (χ0) is 8.97. The van der Waals surface area contributed by atoms with Crippen molar-refractivity contribution >= 4 is 0 Å². The molecular formula is C10H21NO. The first-order valence-corrected chi connectivity index (χ1v) is 5.00. The minimum atomic E-state index is 0.482. The smallest absolute Gasteiger partial charge is 0.0551 e. The monoisotopic (exact) mass is 171 g/mol. The molecule has 0 aromatic carbocycles. The van der Waals surface area contributed by atoms with Gasteiger partial charge in [-0.1, -0.05) is 13.8 Å². The minimum absolute atomic E-state index is 0.482. The van der Waals surface area contributed by atoms with E-state index in [0.29, 0.717) is 6.10 Å². The van der Waals surface area contributed by atoms with Gasteiger partial charge < -0.3 is 10.1 Å². The van der Waals surface area contributed by atoms with E-state index in [2.05, 4.69) is 26.1 Å². The van der Waals surface area contributed by atoms with Gasteiger partial charge in [0, 0.05) is 6.54 Å². The average molecular weight is 171 g/mol. The topological polar surface area (TPSA) is 21.3 Å². The van der Waals surface area contributed by atoms with Gasteiger partial charge in [-0.15, -0.1) is 0 Å². The van der Waals surface area contributed by atoms with Crippen molar-refractivity contribution in [2.75, 3.05) is 19.7 Å². The van der Waals surface area contributed by atoms with Crippen LogP contribution in [0, 0.1) is 11.8 Å². The van der Waals surface area contributed by atoms with Gasteiger partial charge in [0.1, 0.15) is 0 Å². The quantitative estimate of drug-likeness (QED) is 0.694. The van der Waals surface area contributed by atoms with Crippen LogP contribution >= 0.6 is 0 Å². The van der Waals surface area contributed by atoms with E-state index >= 15 is 0 Å². The Morgan fingerprint density at radius 1 is 1.50 bits per heavy atom. The fraction of sp³-hybridized carbons (Fsp3) is 1.00. The number of nitrogens with one attached hydrogen (secondary N) is 1. The van der Waals surface area contributed by atoms with E-state index in [4.69, 9.17) is 4.74 Å². The summed E-state index contributed by atoms with van der Waals surface area (Å²) in [6.45, 7) is 9.84. The maximum absolute atomic E-state index is 5.48. The third-order valence-electron chi connectivity index (χ3n) is 2.27. The summed E-state index contributed by atoms with van der Waals surface area (Å²) in [5.41, 5.74) is 0. The summed E-state index contributed by atoms with van der Waals surface area (Å²) in [6, 6.07) is 0. The second-order valence-corrected chi connectivity index (χ2v) is 4.30. The van der Waals surface area contributed by atoms with Crippen molar-refractivity contribution in [3.63, 3.8) is 0 Å². The SMILES string of the molecule is CC(C)CNCC1COC(C)C1. The van der Waals surface area contributed by atoms with Crippen LogP contribution in [-0.4, -0.2) is 25.8 Å². The van der Waals surface area contributed by atoms with Crippen LogP contribution in [0.25, 0.3) is 0 Å². The molecule has 1 aliphatic heterocycles. The highest BCUT2D eigenvalue weighted by atomic mass is 16.5. The zero-order valence-corrected chi connectivity index (χ0v) is 8.47. The third-order valence-corrected chi connectivity index (χ3v) is 2.27. The van der Waals surface area contributed by atoms with Gasteiger partial charge in [-0.3, -0.25) is 0 Å². The summed E-state index contributed by atoms with van der Waals surface area (Å²) >= 11 is 0.